The number of hydrogen-bond acceptors (Lipinski definition) is 7. The zero-order valence-electron chi connectivity index (χ0n) is 54.1. The molecule has 0 saturated heterocycles. The number of aromatic nitrogens is 7. The fourth-order valence-corrected chi connectivity index (χ4v) is 10.8. The third-order valence-electron chi connectivity index (χ3n) is 15.6. The van der Waals surface area contributed by atoms with Gasteiger partial charge in [0.2, 0.25) is 0 Å². The molecule has 6 aromatic carbocycles. The normalized spacial score (nSPS) is 13.4. The molecule has 8 nitrogen and oxygen atoms in total. The van der Waals surface area contributed by atoms with Crippen molar-refractivity contribution in [1.29, 1.82) is 0 Å². The van der Waals surface area contributed by atoms with E-state index in [1.165, 1.54) is 16.7 Å². The van der Waals surface area contributed by atoms with Crippen molar-refractivity contribution in [3.63, 3.8) is 0 Å². The summed E-state index contributed by atoms with van der Waals surface area (Å²) in [6.07, 6.45) is 0. The molecule has 0 aliphatic rings. The van der Waals surface area contributed by atoms with E-state index in [4.69, 9.17) is 29.9 Å². The van der Waals surface area contributed by atoms with Crippen LogP contribution in [-0.4, -0.2) is 34.6 Å². The Hall–Kier alpha value is -7.06. The quantitative estimate of drug-likeness (QED) is 0.157. The summed E-state index contributed by atoms with van der Waals surface area (Å²) >= 11 is 0. The lowest BCUT2D eigenvalue weighted by Crippen LogP contribution is -2.27. The van der Waals surface area contributed by atoms with Gasteiger partial charge in [0.1, 0.15) is 23.3 Å². The van der Waals surface area contributed by atoms with E-state index >= 15 is 0 Å². The summed E-state index contributed by atoms with van der Waals surface area (Å²) in [6, 6.07) is 45.3. The van der Waals surface area contributed by atoms with Gasteiger partial charge < -0.3 is 0 Å². The molecule has 0 spiro atoms. The van der Waals surface area contributed by atoms with Crippen LogP contribution < -0.4 is 5.01 Å². The van der Waals surface area contributed by atoms with Crippen LogP contribution in [0.5, 0.6) is 0 Å². The molecule has 0 atom stereocenters. The van der Waals surface area contributed by atoms with Gasteiger partial charge in [0.05, 0.1) is 28.0 Å². The molecule has 0 aliphatic carbocycles. The molecule has 8 heteroatoms. The largest absolute Gasteiger partial charge is 0.249 e. The Morgan fingerprint density at radius 1 is 0.317 bits per heavy atom. The lowest BCUT2D eigenvalue weighted by atomic mass is 9.73. The minimum atomic E-state index is -0.437. The highest BCUT2D eigenvalue weighted by molar-refractivity contribution is 6.25. The van der Waals surface area contributed by atoms with E-state index in [0.717, 1.165) is 95.4 Å². The lowest BCUT2D eigenvalue weighted by Gasteiger charge is -2.33. The van der Waals surface area contributed by atoms with Crippen LogP contribution in [0.3, 0.4) is 0 Å². The minimum Gasteiger partial charge on any atom is -0.249 e. The van der Waals surface area contributed by atoms with Crippen molar-refractivity contribution in [2.24, 2.45) is 0 Å². The van der Waals surface area contributed by atoms with Gasteiger partial charge in [-0.2, -0.15) is 0 Å². The second kappa shape index (κ2) is 20.4. The van der Waals surface area contributed by atoms with Gasteiger partial charge in [0.25, 0.3) is 0 Å². The van der Waals surface area contributed by atoms with Crippen LogP contribution in [0.25, 0.3) is 66.8 Å². The highest BCUT2D eigenvalue weighted by Gasteiger charge is 2.39. The first-order valence-electron chi connectivity index (χ1n) is 29.6. The number of rotatable bonds is 7. The summed E-state index contributed by atoms with van der Waals surface area (Å²) in [5.41, 5.74) is 12.4. The van der Waals surface area contributed by atoms with Crippen LogP contribution in [0.15, 0.2) is 121 Å². The Labute approximate surface area is 491 Å². The average molecular weight is 1090 g/mol. The molecule has 9 aromatic rings. The maximum Gasteiger partial charge on any atom is 0.166 e. The molecule has 0 aliphatic heterocycles. The van der Waals surface area contributed by atoms with Crippen molar-refractivity contribution in [1.82, 2.24) is 34.6 Å². The summed E-state index contributed by atoms with van der Waals surface area (Å²) in [5, 5.41) is 4.61. The van der Waals surface area contributed by atoms with Gasteiger partial charge in [0, 0.05) is 38.0 Å². The van der Waals surface area contributed by atoms with E-state index in [9.17, 15) is 0 Å². The van der Waals surface area contributed by atoms with Gasteiger partial charge in [0.15, 0.2) is 11.6 Å². The number of nitrogens with zero attached hydrogens (tertiary/aromatic N) is 8. The van der Waals surface area contributed by atoms with Crippen LogP contribution in [-0.2, 0) is 43.3 Å². The molecular weight excluding hydrogens is 1000 g/mol. The van der Waals surface area contributed by atoms with E-state index in [1.54, 1.807) is 0 Å². The van der Waals surface area contributed by atoms with E-state index in [-0.39, 0.29) is 16.2 Å². The third-order valence-corrected chi connectivity index (χ3v) is 15.6. The monoisotopic (exact) mass is 1090 g/mol. The van der Waals surface area contributed by atoms with E-state index in [2.05, 4.69) is 297 Å². The summed E-state index contributed by atoms with van der Waals surface area (Å²) < 4.78 is 2.51. The average Bonchev–Trinajstić information content (AvgIpc) is 3.75. The van der Waals surface area contributed by atoms with Crippen LogP contribution >= 0.6 is 0 Å². The Bertz CT molecular complexity index is 3700. The van der Waals surface area contributed by atoms with Gasteiger partial charge in [-0.25, -0.2) is 39.6 Å². The first kappa shape index (κ1) is 59.6. The molecule has 428 valence electrons. The second-order valence-electron chi connectivity index (χ2n) is 31.2. The van der Waals surface area contributed by atoms with E-state index in [1.807, 2.05) is 0 Å². The zero-order valence-corrected chi connectivity index (χ0v) is 54.1. The van der Waals surface area contributed by atoms with Gasteiger partial charge in [-0.3, -0.25) is 0 Å². The Morgan fingerprint density at radius 3 is 1.04 bits per heavy atom. The molecule has 0 N–H and O–H groups in total. The number of fused-ring (bicyclic) bond motifs is 3. The predicted octanol–water partition coefficient (Wildman–Crippen LogP) is 19.8. The molecule has 0 bridgehead atoms. The van der Waals surface area contributed by atoms with Crippen molar-refractivity contribution in [2.75, 3.05) is 5.01 Å². The summed E-state index contributed by atoms with van der Waals surface area (Å²) in [7, 11) is 0. The van der Waals surface area contributed by atoms with Gasteiger partial charge in [-0.1, -0.05) is 251 Å². The van der Waals surface area contributed by atoms with E-state index in [0.29, 0.717) is 11.6 Å². The Morgan fingerprint density at radius 2 is 0.683 bits per heavy atom. The Kier molecular flexibility index (Phi) is 14.8. The molecule has 82 heavy (non-hydrogen) atoms. The fraction of sp³-hybridized carbons (Fsp3) is 0.432. The predicted molar refractivity (Wildman–Crippen MR) is 348 cm³/mol. The first-order valence-corrected chi connectivity index (χ1v) is 29.6. The third kappa shape index (κ3) is 11.5. The van der Waals surface area contributed by atoms with Crippen LogP contribution in [0.2, 0.25) is 0 Å². The fourth-order valence-electron chi connectivity index (χ4n) is 10.8. The standard InChI is InChI=1S/C74H92N8/c1-67(2,3)47-35-39-50(40-36-47)81(51-41-37-48(38-42-51)68(4,5)6)82-59-52(43-49(69(7,8)9)44-53(59)61-75-63(71(13,14)15)79-64(76-61)72(16,17)18)56-54(45-31-27-25-28-32-45)58(70(10,11)12)55(46-33-29-26-30-34-46)57(60(56)82)62-77-65(73(19,20)21)80-66(78-62)74(22,23)24/h25-44H,1-24H3. The second-order valence-corrected chi connectivity index (χ2v) is 31.2. The van der Waals surface area contributed by atoms with Crippen LogP contribution in [0, 0.1) is 0 Å². The summed E-state index contributed by atoms with van der Waals surface area (Å²) in [4.78, 5) is 33.4. The van der Waals surface area contributed by atoms with Crippen LogP contribution in [0.1, 0.15) is 212 Å². The molecule has 0 radical (unpaired) electrons. The lowest BCUT2D eigenvalue weighted by molar-refractivity contribution is 0.497. The van der Waals surface area contributed by atoms with Gasteiger partial charge in [-0.15, -0.1) is 0 Å². The van der Waals surface area contributed by atoms with Gasteiger partial charge >= 0.3 is 0 Å². The maximum atomic E-state index is 5.77. The topological polar surface area (TPSA) is 85.5 Å². The van der Waals surface area contributed by atoms with Crippen LogP contribution in [0.4, 0.5) is 11.4 Å². The minimum absolute atomic E-state index is 0.0881. The first-order chi connectivity index (χ1) is 37.7. The molecule has 0 fully saturated rings. The zero-order chi connectivity index (χ0) is 60.2. The smallest absolute Gasteiger partial charge is 0.166 e. The van der Waals surface area contributed by atoms with E-state index < -0.39 is 27.1 Å². The highest BCUT2D eigenvalue weighted by atomic mass is 15.6. The summed E-state index contributed by atoms with van der Waals surface area (Å²) in [5.74, 6) is 4.21. The molecule has 0 unspecified atom stereocenters. The number of hydrogen-bond donors (Lipinski definition) is 0. The van der Waals surface area contributed by atoms with Gasteiger partial charge in [-0.05, 0) is 103 Å². The molecule has 9 rings (SSSR count). The number of anilines is 2. The van der Waals surface area contributed by atoms with Crippen molar-refractivity contribution in [2.45, 2.75) is 209 Å². The highest BCUT2D eigenvalue weighted by Crippen LogP contribution is 2.55. The SMILES string of the molecule is CC(C)(C)c1ccc(N(c2ccc(C(C)(C)C)cc2)n2c3c(-c4nc(C(C)(C)C)nc(C(C)(C)C)n4)cc(C(C)(C)C)cc3c3c(-c4ccccc4)c(C(C)(C)C)c(-c4ccccc4)c(-c4nc(C(C)(C)C)nc(C(C)(C)C)n4)c32)cc1. The molecule has 0 saturated carbocycles. The summed E-state index contributed by atoms with van der Waals surface area (Å²) in [6.45, 7) is 54.2. The number of benzene rings is 6. The van der Waals surface area contributed by atoms with Crippen molar-refractivity contribution >= 4 is 33.2 Å². The molecular formula is C74H92N8. The van der Waals surface area contributed by atoms with Crippen molar-refractivity contribution < 1.29 is 0 Å². The maximum absolute atomic E-state index is 5.77. The van der Waals surface area contributed by atoms with Crippen molar-refractivity contribution in [3.05, 3.63) is 167 Å². The molecule has 0 amide bonds. The molecule has 3 aromatic heterocycles. The Balaban J connectivity index is 1.74. The molecule has 3 heterocycles. The van der Waals surface area contributed by atoms with Crippen molar-refractivity contribution in [3.8, 4) is 45.0 Å².